The van der Waals surface area contributed by atoms with Crippen LogP contribution in [-0.4, -0.2) is 24.1 Å². The fourth-order valence-electron chi connectivity index (χ4n) is 0.195. The maximum atomic E-state index is 10.2. The van der Waals surface area contributed by atoms with Gasteiger partial charge in [0.25, 0.3) is 12.2 Å². The number of hydrogen-bond donors (Lipinski definition) is 0. The fraction of sp³-hybridized carbons (Fsp3) is 0. The summed E-state index contributed by atoms with van der Waals surface area (Å²) in [7, 11) is 0. The Morgan fingerprint density at radius 1 is 0.917 bits per heavy atom. The van der Waals surface area contributed by atoms with Gasteiger partial charge in [-0.1, -0.05) is 0 Å². The Morgan fingerprint density at radius 2 is 1.25 bits per heavy atom. The lowest BCUT2D eigenvalue weighted by Gasteiger charge is -1.88. The molecule has 8 heteroatoms. The zero-order valence-corrected chi connectivity index (χ0v) is 5.34. The number of isocyanates is 2. The molecular weight excluding hydrogens is 172 g/mol. The van der Waals surface area contributed by atoms with E-state index in [0.717, 1.165) is 12.2 Å². The van der Waals surface area contributed by atoms with Crippen molar-refractivity contribution >= 4 is 24.1 Å². The van der Waals surface area contributed by atoms with E-state index in [4.69, 9.17) is 0 Å². The van der Waals surface area contributed by atoms with E-state index < -0.39 is 11.9 Å². The molecular formula is C4N2O6. The average Bonchev–Trinajstić information content (AvgIpc) is 2.10. The van der Waals surface area contributed by atoms with Gasteiger partial charge < -0.3 is 0 Å². The first kappa shape index (κ1) is 9.70. The van der Waals surface area contributed by atoms with Gasteiger partial charge in [0.1, 0.15) is 0 Å². The summed E-state index contributed by atoms with van der Waals surface area (Å²) in [6.07, 6.45) is 1.65. The third kappa shape index (κ3) is 3.67. The third-order valence-corrected chi connectivity index (χ3v) is 0.498. The van der Waals surface area contributed by atoms with E-state index >= 15 is 0 Å². The van der Waals surface area contributed by atoms with Crippen LogP contribution in [-0.2, 0) is 28.9 Å². The maximum Gasteiger partial charge on any atom is 0.446 e. The van der Waals surface area contributed by atoms with E-state index in [1.807, 2.05) is 0 Å². The lowest BCUT2D eigenvalue weighted by atomic mass is 10.7. The summed E-state index contributed by atoms with van der Waals surface area (Å²) in [6.45, 7) is 0. The predicted molar refractivity (Wildman–Crippen MR) is 28.4 cm³/mol. The van der Waals surface area contributed by atoms with Gasteiger partial charge >= 0.3 is 11.9 Å². The first-order valence-corrected chi connectivity index (χ1v) is 2.29. The van der Waals surface area contributed by atoms with Gasteiger partial charge in [-0.15, -0.1) is 0 Å². The molecule has 62 valence electrons. The summed E-state index contributed by atoms with van der Waals surface area (Å²) in [4.78, 5) is 46.3. The minimum Gasteiger partial charge on any atom is -0.294 e. The molecule has 0 aliphatic rings. The highest BCUT2D eigenvalue weighted by Gasteiger charge is 2.18. The summed E-state index contributed by atoms with van der Waals surface area (Å²) < 4.78 is 0. The zero-order chi connectivity index (χ0) is 9.40. The largest absolute Gasteiger partial charge is 0.446 e. The van der Waals surface area contributed by atoms with Crippen LogP contribution in [0.25, 0.3) is 0 Å². The van der Waals surface area contributed by atoms with Gasteiger partial charge in [0, 0.05) is 10.3 Å². The minimum atomic E-state index is -1.60. The van der Waals surface area contributed by atoms with Crippen LogP contribution in [0.3, 0.4) is 0 Å². The number of rotatable bonds is 2. The smallest absolute Gasteiger partial charge is 0.294 e. The highest BCUT2D eigenvalue weighted by atomic mass is 16.7. The summed E-state index contributed by atoms with van der Waals surface area (Å²) in [5, 5.41) is 4.61. The van der Waals surface area contributed by atoms with E-state index in [2.05, 4.69) is 20.0 Å². The van der Waals surface area contributed by atoms with E-state index in [-0.39, 0.29) is 0 Å². The van der Waals surface area contributed by atoms with Crippen molar-refractivity contribution in [2.24, 2.45) is 10.3 Å². The van der Waals surface area contributed by atoms with Crippen LogP contribution in [0.2, 0.25) is 0 Å². The number of carbonyl (C=O) groups excluding carboxylic acids is 4. The number of nitrogens with zero attached hydrogens (tertiary/aromatic N) is 2. The number of carbonyl (C=O) groups is 2. The average molecular weight is 172 g/mol. The molecule has 0 rings (SSSR count). The Labute approximate surface area is 64.4 Å². The van der Waals surface area contributed by atoms with Crippen molar-refractivity contribution in [1.29, 1.82) is 0 Å². The van der Waals surface area contributed by atoms with E-state index in [1.54, 1.807) is 0 Å². The third-order valence-electron chi connectivity index (χ3n) is 0.498. The quantitative estimate of drug-likeness (QED) is 0.166. The molecule has 0 heterocycles. The van der Waals surface area contributed by atoms with Crippen LogP contribution in [0.5, 0.6) is 0 Å². The van der Waals surface area contributed by atoms with Crippen molar-refractivity contribution in [2.45, 2.75) is 0 Å². The highest BCUT2D eigenvalue weighted by Crippen LogP contribution is 1.83. The molecule has 0 amide bonds. The maximum absolute atomic E-state index is 10.2. The molecule has 0 saturated heterocycles. The van der Waals surface area contributed by atoms with Gasteiger partial charge in [0.05, 0.1) is 0 Å². The highest BCUT2D eigenvalue weighted by molar-refractivity contribution is 6.29. The van der Waals surface area contributed by atoms with Crippen LogP contribution >= 0.6 is 0 Å². The van der Waals surface area contributed by atoms with Gasteiger partial charge in [-0.3, -0.25) is 9.68 Å². The van der Waals surface area contributed by atoms with E-state index in [0.29, 0.717) is 0 Å². The summed E-state index contributed by atoms with van der Waals surface area (Å²) in [6, 6.07) is 0. The van der Waals surface area contributed by atoms with Crippen LogP contribution in [0, 0.1) is 0 Å². The molecule has 0 unspecified atom stereocenters. The van der Waals surface area contributed by atoms with Crippen molar-refractivity contribution in [3.8, 4) is 0 Å². The fourth-order valence-corrected chi connectivity index (χ4v) is 0.195. The lowest BCUT2D eigenvalue weighted by molar-refractivity contribution is -0.167. The normalized spacial score (nSPS) is 7.00. The molecule has 0 bridgehead atoms. The molecule has 0 saturated carbocycles. The second-order valence-corrected chi connectivity index (χ2v) is 1.12. The minimum absolute atomic E-state index is 0.826. The lowest BCUT2D eigenvalue weighted by Crippen LogP contribution is -2.15. The molecule has 12 heavy (non-hydrogen) atoms. The Kier molecular flexibility index (Phi) is 4.43. The Balaban J connectivity index is 4.01. The first-order chi connectivity index (χ1) is 5.72. The summed E-state index contributed by atoms with van der Waals surface area (Å²) in [5.41, 5.74) is 0. The Bertz CT molecular complexity index is 254. The molecule has 0 aromatic heterocycles. The van der Waals surface area contributed by atoms with Crippen LogP contribution in [0.4, 0.5) is 0 Å². The van der Waals surface area contributed by atoms with Gasteiger partial charge in [-0.05, 0) is 0 Å². The Hall–Kier alpha value is -2.30. The molecule has 8 nitrogen and oxygen atoms in total. The SMILES string of the molecule is O=C=NOC(=O)C(=O)ON=C=O. The molecule has 0 N–H and O–H groups in total. The van der Waals surface area contributed by atoms with Crippen LogP contribution < -0.4 is 0 Å². The van der Waals surface area contributed by atoms with E-state index in [9.17, 15) is 19.2 Å². The molecule has 0 radical (unpaired) electrons. The van der Waals surface area contributed by atoms with Crippen molar-refractivity contribution in [1.82, 2.24) is 0 Å². The summed E-state index contributed by atoms with van der Waals surface area (Å²) >= 11 is 0. The van der Waals surface area contributed by atoms with Gasteiger partial charge in [0.2, 0.25) is 0 Å². The molecule has 0 aromatic carbocycles. The van der Waals surface area contributed by atoms with Crippen LogP contribution in [0.15, 0.2) is 10.3 Å². The molecule has 0 aliphatic heterocycles. The van der Waals surface area contributed by atoms with Crippen molar-refractivity contribution in [3.63, 3.8) is 0 Å². The molecule has 0 spiro atoms. The molecule has 0 aromatic rings. The van der Waals surface area contributed by atoms with Crippen molar-refractivity contribution in [3.05, 3.63) is 0 Å². The second kappa shape index (κ2) is 5.48. The standard InChI is InChI=1S/C4N2O6/c7-1-5-11-3(9)4(10)12-6-2-8. The first-order valence-electron chi connectivity index (χ1n) is 2.29. The van der Waals surface area contributed by atoms with Gasteiger partial charge in [0.15, 0.2) is 0 Å². The molecule has 0 atom stereocenters. The van der Waals surface area contributed by atoms with Crippen LogP contribution in [0.1, 0.15) is 0 Å². The molecule has 0 fully saturated rings. The van der Waals surface area contributed by atoms with Gasteiger partial charge in [-0.25, -0.2) is 19.2 Å². The second-order valence-electron chi connectivity index (χ2n) is 1.12. The van der Waals surface area contributed by atoms with Crippen molar-refractivity contribution in [2.75, 3.05) is 0 Å². The zero-order valence-electron chi connectivity index (χ0n) is 5.34. The molecule has 0 aliphatic carbocycles. The summed E-state index contributed by atoms with van der Waals surface area (Å²) in [5.74, 6) is -3.20. The topological polar surface area (TPSA) is 111 Å². The number of hydrogen-bond acceptors (Lipinski definition) is 8. The monoisotopic (exact) mass is 172 g/mol. The predicted octanol–water partition coefficient (Wildman–Crippen LogP) is -1.43. The van der Waals surface area contributed by atoms with Gasteiger partial charge in [-0.2, -0.15) is 0 Å². The van der Waals surface area contributed by atoms with Crippen molar-refractivity contribution < 1.29 is 28.9 Å². The Morgan fingerprint density at radius 3 is 1.50 bits per heavy atom. The van der Waals surface area contributed by atoms with E-state index in [1.165, 1.54) is 0 Å².